The molecule has 1 heterocycles. The average Bonchev–Trinajstić information content (AvgIpc) is 2.98. The summed E-state index contributed by atoms with van der Waals surface area (Å²) in [5.74, 6) is 0.103. The SMILES string of the molecule is C=O.CC.CCN.Cc1ccc(NC(=O)c2cc3c(o2)=CCC=CC=3)cc1. The van der Waals surface area contributed by atoms with Crippen molar-refractivity contribution in [1.29, 1.82) is 0 Å². The van der Waals surface area contributed by atoms with Gasteiger partial charge in [-0.05, 0) is 44.2 Å². The van der Waals surface area contributed by atoms with Gasteiger partial charge in [0.25, 0.3) is 5.91 Å². The van der Waals surface area contributed by atoms with E-state index in [2.05, 4.69) is 5.32 Å². The molecule has 1 aromatic carbocycles. The van der Waals surface area contributed by atoms with Gasteiger partial charge in [0, 0.05) is 10.9 Å². The lowest BCUT2D eigenvalue weighted by molar-refractivity contribution is -0.0980. The maximum Gasteiger partial charge on any atom is 0.291 e. The van der Waals surface area contributed by atoms with Crippen molar-refractivity contribution in [2.24, 2.45) is 5.73 Å². The Morgan fingerprint density at radius 3 is 2.41 bits per heavy atom. The molecule has 1 amide bonds. The zero-order valence-corrected chi connectivity index (χ0v) is 16.6. The fourth-order valence-corrected chi connectivity index (χ4v) is 2.08. The minimum Gasteiger partial charge on any atom is -0.451 e. The highest BCUT2D eigenvalue weighted by molar-refractivity contribution is 6.02. The second-order valence-electron chi connectivity index (χ2n) is 5.19. The van der Waals surface area contributed by atoms with Gasteiger partial charge in [-0.1, -0.05) is 56.7 Å². The quantitative estimate of drug-likeness (QED) is 0.850. The standard InChI is InChI=1S/C17H15NO2.C2H7N.C2H6.CH2O/c1-12-7-9-14(10-8-12)18-17(19)16-11-13-5-3-2-4-6-15(13)20-16;1-2-3;2*1-2/h2-3,5-11H,4H2,1H3,(H,18,19);2-3H2,1H3;1-2H3;1H2. The molecule has 1 aromatic heterocycles. The Morgan fingerprint density at radius 2 is 1.81 bits per heavy atom. The van der Waals surface area contributed by atoms with Gasteiger partial charge in [-0.2, -0.15) is 0 Å². The van der Waals surface area contributed by atoms with E-state index in [-0.39, 0.29) is 5.91 Å². The van der Waals surface area contributed by atoms with Gasteiger partial charge >= 0.3 is 0 Å². The fourth-order valence-electron chi connectivity index (χ4n) is 2.08. The number of hydrogen-bond donors (Lipinski definition) is 2. The van der Waals surface area contributed by atoms with Gasteiger partial charge in [-0.15, -0.1) is 0 Å². The average molecular weight is 370 g/mol. The molecule has 3 rings (SSSR count). The molecule has 0 saturated heterocycles. The molecule has 27 heavy (non-hydrogen) atoms. The van der Waals surface area contributed by atoms with E-state index in [1.807, 2.05) is 83.1 Å². The number of carbonyl (C=O) groups is 2. The molecule has 1 aliphatic carbocycles. The first-order valence-corrected chi connectivity index (χ1v) is 8.98. The van der Waals surface area contributed by atoms with Gasteiger partial charge in [0.2, 0.25) is 0 Å². The minimum atomic E-state index is -0.229. The molecule has 0 fully saturated rings. The highest BCUT2D eigenvalue weighted by atomic mass is 16.3. The van der Waals surface area contributed by atoms with Crippen LogP contribution in [-0.2, 0) is 4.79 Å². The molecule has 0 radical (unpaired) electrons. The number of anilines is 1. The van der Waals surface area contributed by atoms with Crippen LogP contribution in [0.2, 0.25) is 0 Å². The smallest absolute Gasteiger partial charge is 0.291 e. The number of aryl methyl sites for hydroxylation is 1. The Balaban J connectivity index is 0.000000860. The Kier molecular flexibility index (Phi) is 12.7. The first-order valence-electron chi connectivity index (χ1n) is 8.98. The van der Waals surface area contributed by atoms with Crippen molar-refractivity contribution in [2.45, 2.75) is 34.1 Å². The van der Waals surface area contributed by atoms with Crippen molar-refractivity contribution in [3.8, 4) is 0 Å². The van der Waals surface area contributed by atoms with Gasteiger partial charge in [0.15, 0.2) is 5.76 Å². The van der Waals surface area contributed by atoms with Crippen LogP contribution in [0.4, 0.5) is 5.69 Å². The summed E-state index contributed by atoms with van der Waals surface area (Å²) in [5.41, 5.74) is 7.52. The number of nitrogens with two attached hydrogens (primary N) is 1. The summed E-state index contributed by atoms with van der Waals surface area (Å²) in [6, 6.07) is 9.44. The second kappa shape index (κ2) is 14.3. The molecule has 0 atom stereocenters. The summed E-state index contributed by atoms with van der Waals surface area (Å²) in [7, 11) is 0. The lowest BCUT2D eigenvalue weighted by Gasteiger charge is -2.02. The van der Waals surface area contributed by atoms with E-state index >= 15 is 0 Å². The molecule has 146 valence electrons. The van der Waals surface area contributed by atoms with E-state index in [4.69, 9.17) is 14.9 Å². The highest BCUT2D eigenvalue weighted by Crippen LogP contribution is 2.10. The van der Waals surface area contributed by atoms with E-state index in [1.165, 1.54) is 0 Å². The molecule has 0 unspecified atom stereocenters. The molecule has 0 spiro atoms. The number of allylic oxidation sites excluding steroid dienone is 2. The topological polar surface area (TPSA) is 85.3 Å². The number of furan rings is 1. The predicted octanol–water partition coefficient (Wildman–Crippen LogP) is 3.17. The summed E-state index contributed by atoms with van der Waals surface area (Å²) < 4.78 is 5.60. The Bertz CT molecular complexity index is 818. The lowest BCUT2D eigenvalue weighted by Crippen LogP contribution is -2.17. The molecule has 3 N–H and O–H groups in total. The largest absolute Gasteiger partial charge is 0.451 e. The summed E-state index contributed by atoms with van der Waals surface area (Å²) in [6.07, 6.45) is 8.75. The molecule has 0 saturated carbocycles. The van der Waals surface area contributed by atoms with Gasteiger partial charge in [-0.25, -0.2) is 0 Å². The summed E-state index contributed by atoms with van der Waals surface area (Å²) in [4.78, 5) is 20.2. The zero-order chi connectivity index (χ0) is 20.7. The Hall–Kier alpha value is -2.92. The van der Waals surface area contributed by atoms with Crippen LogP contribution in [0.15, 0.2) is 46.9 Å². The van der Waals surface area contributed by atoms with Crippen molar-refractivity contribution < 1.29 is 14.0 Å². The molecule has 5 nitrogen and oxygen atoms in total. The number of carbonyl (C=O) groups excluding carboxylic acids is 2. The maximum atomic E-state index is 12.2. The van der Waals surface area contributed by atoms with E-state index in [9.17, 15) is 4.79 Å². The van der Waals surface area contributed by atoms with Crippen LogP contribution >= 0.6 is 0 Å². The first kappa shape index (κ1) is 24.1. The maximum absolute atomic E-state index is 12.2. The summed E-state index contributed by atoms with van der Waals surface area (Å²) in [6.45, 7) is 10.7. The van der Waals surface area contributed by atoms with Gasteiger partial charge in [0.1, 0.15) is 12.2 Å². The van der Waals surface area contributed by atoms with Crippen molar-refractivity contribution in [2.75, 3.05) is 11.9 Å². The van der Waals surface area contributed by atoms with E-state index < -0.39 is 0 Å². The molecular formula is C22H30N2O3. The van der Waals surface area contributed by atoms with Crippen LogP contribution in [0, 0.1) is 6.92 Å². The second-order valence-corrected chi connectivity index (χ2v) is 5.19. The Morgan fingerprint density at radius 1 is 1.22 bits per heavy atom. The van der Waals surface area contributed by atoms with Crippen molar-refractivity contribution in [3.63, 3.8) is 0 Å². The number of nitrogens with one attached hydrogen (secondary N) is 1. The first-order chi connectivity index (χ1) is 13.1. The summed E-state index contributed by atoms with van der Waals surface area (Å²) in [5, 5.41) is 3.77. The van der Waals surface area contributed by atoms with E-state index in [0.29, 0.717) is 5.76 Å². The van der Waals surface area contributed by atoms with Crippen LogP contribution in [-0.4, -0.2) is 19.2 Å². The van der Waals surface area contributed by atoms with Gasteiger partial charge in [0.05, 0.1) is 0 Å². The van der Waals surface area contributed by atoms with Crippen molar-refractivity contribution >= 4 is 30.5 Å². The monoisotopic (exact) mass is 370 g/mol. The van der Waals surface area contributed by atoms with Crippen molar-refractivity contribution in [1.82, 2.24) is 0 Å². The third-order valence-electron chi connectivity index (χ3n) is 3.18. The molecule has 0 aliphatic heterocycles. The molecule has 1 aliphatic rings. The molecule has 0 bridgehead atoms. The highest BCUT2D eigenvalue weighted by Gasteiger charge is 2.11. The van der Waals surface area contributed by atoms with Crippen LogP contribution in [0.1, 0.15) is 43.3 Å². The van der Waals surface area contributed by atoms with Crippen LogP contribution in [0.5, 0.6) is 0 Å². The van der Waals surface area contributed by atoms with Gasteiger partial charge in [-0.3, -0.25) is 4.79 Å². The summed E-state index contributed by atoms with van der Waals surface area (Å²) >= 11 is 0. The van der Waals surface area contributed by atoms with Crippen LogP contribution < -0.4 is 21.7 Å². The third kappa shape index (κ3) is 8.33. The van der Waals surface area contributed by atoms with Crippen LogP contribution in [0.3, 0.4) is 0 Å². The number of fused-ring (bicyclic) bond motifs is 1. The third-order valence-corrected chi connectivity index (χ3v) is 3.18. The minimum absolute atomic E-state index is 0.229. The normalized spacial score (nSPS) is 10.6. The number of benzene rings is 1. The fraction of sp³-hybridized carbons (Fsp3) is 0.273. The molecule has 2 aromatic rings. The zero-order valence-electron chi connectivity index (χ0n) is 16.6. The lowest BCUT2D eigenvalue weighted by atomic mass is 10.2. The number of amides is 1. The molecular weight excluding hydrogens is 340 g/mol. The van der Waals surface area contributed by atoms with E-state index in [1.54, 1.807) is 6.07 Å². The molecule has 5 heteroatoms. The Labute approximate surface area is 161 Å². The van der Waals surface area contributed by atoms with Gasteiger partial charge < -0.3 is 20.3 Å². The van der Waals surface area contributed by atoms with E-state index in [0.717, 1.165) is 34.9 Å². The van der Waals surface area contributed by atoms with Crippen molar-refractivity contribution in [3.05, 3.63) is 64.4 Å². The van der Waals surface area contributed by atoms with Crippen LogP contribution in [0.25, 0.3) is 12.2 Å². The number of rotatable bonds is 2. The number of hydrogen-bond acceptors (Lipinski definition) is 4. The predicted molar refractivity (Wildman–Crippen MR) is 113 cm³/mol.